The summed E-state index contributed by atoms with van der Waals surface area (Å²) in [5.41, 5.74) is -0.241. The van der Waals surface area contributed by atoms with Crippen molar-refractivity contribution in [3.05, 3.63) is 59.2 Å². The standard InChI is InChI=1S/C15H12O5S/c1-9-11(14(16)17)7-8-12(13(9)15(18)19)21(20)10-5-3-2-4-6-10/h2-8H,1H3,(H,16,17)(H,18,19). The summed E-state index contributed by atoms with van der Waals surface area (Å²) in [6.45, 7) is 1.40. The Bertz CT molecular complexity index is 737. The van der Waals surface area contributed by atoms with Crippen LogP contribution >= 0.6 is 0 Å². The molecule has 108 valence electrons. The Hall–Kier alpha value is -2.47. The number of benzene rings is 2. The van der Waals surface area contributed by atoms with Crippen molar-refractivity contribution in [1.82, 2.24) is 0 Å². The Morgan fingerprint density at radius 1 is 0.952 bits per heavy atom. The largest absolute Gasteiger partial charge is 0.478 e. The highest BCUT2D eigenvalue weighted by atomic mass is 32.2. The van der Waals surface area contributed by atoms with E-state index in [1.165, 1.54) is 19.1 Å². The molecular weight excluding hydrogens is 292 g/mol. The van der Waals surface area contributed by atoms with Gasteiger partial charge in [-0.2, -0.15) is 0 Å². The van der Waals surface area contributed by atoms with Crippen LogP contribution in [0.3, 0.4) is 0 Å². The maximum Gasteiger partial charge on any atom is 0.337 e. The van der Waals surface area contributed by atoms with Gasteiger partial charge in [0.25, 0.3) is 0 Å². The molecule has 0 radical (unpaired) electrons. The minimum absolute atomic E-state index is 0.0937. The monoisotopic (exact) mass is 304 g/mol. The second-order valence-corrected chi connectivity index (χ2v) is 5.75. The van der Waals surface area contributed by atoms with E-state index in [4.69, 9.17) is 5.11 Å². The Morgan fingerprint density at radius 2 is 1.57 bits per heavy atom. The molecule has 0 fully saturated rings. The molecule has 0 saturated carbocycles. The minimum atomic E-state index is -1.68. The van der Waals surface area contributed by atoms with E-state index in [-0.39, 0.29) is 21.6 Å². The fourth-order valence-electron chi connectivity index (χ4n) is 2.01. The second kappa shape index (κ2) is 5.88. The zero-order valence-corrected chi connectivity index (χ0v) is 11.9. The van der Waals surface area contributed by atoms with Gasteiger partial charge < -0.3 is 10.2 Å². The predicted octanol–water partition coefficient (Wildman–Crippen LogP) is 2.56. The minimum Gasteiger partial charge on any atom is -0.478 e. The molecule has 0 aliphatic carbocycles. The van der Waals surface area contributed by atoms with Gasteiger partial charge in [-0.3, -0.25) is 0 Å². The summed E-state index contributed by atoms with van der Waals surface area (Å²) >= 11 is 0. The first-order valence-electron chi connectivity index (χ1n) is 6.00. The Labute approximate surface area is 123 Å². The van der Waals surface area contributed by atoms with Gasteiger partial charge in [-0.1, -0.05) is 18.2 Å². The summed E-state index contributed by atoms with van der Waals surface area (Å²) in [6.07, 6.45) is 0. The van der Waals surface area contributed by atoms with Crippen LogP contribution in [0.5, 0.6) is 0 Å². The molecule has 0 aromatic heterocycles. The molecule has 2 aromatic carbocycles. The molecule has 21 heavy (non-hydrogen) atoms. The maximum atomic E-state index is 12.5. The van der Waals surface area contributed by atoms with Crippen LogP contribution in [-0.2, 0) is 10.8 Å². The van der Waals surface area contributed by atoms with Crippen molar-refractivity contribution < 1.29 is 24.0 Å². The molecule has 6 heteroatoms. The van der Waals surface area contributed by atoms with Gasteiger partial charge in [-0.15, -0.1) is 0 Å². The third-order valence-electron chi connectivity index (χ3n) is 3.03. The first-order chi connectivity index (χ1) is 9.93. The van der Waals surface area contributed by atoms with Crippen molar-refractivity contribution in [2.24, 2.45) is 0 Å². The van der Waals surface area contributed by atoms with Gasteiger partial charge in [0.05, 0.1) is 26.8 Å². The summed E-state index contributed by atoms with van der Waals surface area (Å²) in [4.78, 5) is 23.1. The molecule has 0 aliphatic heterocycles. The van der Waals surface area contributed by atoms with Crippen LogP contribution in [-0.4, -0.2) is 26.4 Å². The Kier molecular flexibility index (Phi) is 4.18. The predicted molar refractivity (Wildman–Crippen MR) is 76.2 cm³/mol. The molecule has 2 aromatic rings. The highest BCUT2D eigenvalue weighted by Gasteiger charge is 2.23. The van der Waals surface area contributed by atoms with E-state index in [2.05, 4.69) is 0 Å². The fraction of sp³-hybridized carbons (Fsp3) is 0.0667. The van der Waals surface area contributed by atoms with Crippen molar-refractivity contribution >= 4 is 22.7 Å². The van der Waals surface area contributed by atoms with Gasteiger partial charge in [0.2, 0.25) is 0 Å². The van der Waals surface area contributed by atoms with Crippen molar-refractivity contribution in [3.63, 3.8) is 0 Å². The smallest absolute Gasteiger partial charge is 0.337 e. The number of hydrogen-bond donors (Lipinski definition) is 2. The van der Waals surface area contributed by atoms with Crippen molar-refractivity contribution in [2.45, 2.75) is 16.7 Å². The number of carbonyl (C=O) groups is 2. The molecule has 0 aliphatic rings. The van der Waals surface area contributed by atoms with Gasteiger partial charge in [-0.25, -0.2) is 13.8 Å². The van der Waals surface area contributed by atoms with Crippen LogP contribution < -0.4 is 0 Å². The zero-order chi connectivity index (χ0) is 15.6. The molecule has 0 amide bonds. The fourth-order valence-corrected chi connectivity index (χ4v) is 3.29. The Balaban J connectivity index is 2.65. The van der Waals surface area contributed by atoms with E-state index < -0.39 is 22.7 Å². The maximum absolute atomic E-state index is 12.5. The number of carboxylic acids is 2. The van der Waals surface area contributed by atoms with Gasteiger partial charge in [0.1, 0.15) is 0 Å². The van der Waals surface area contributed by atoms with Crippen LogP contribution in [0, 0.1) is 6.92 Å². The average Bonchev–Trinajstić information content (AvgIpc) is 2.46. The molecule has 1 atom stereocenters. The zero-order valence-electron chi connectivity index (χ0n) is 11.1. The van der Waals surface area contributed by atoms with E-state index in [9.17, 15) is 18.9 Å². The van der Waals surface area contributed by atoms with Gasteiger partial charge in [0, 0.05) is 4.90 Å². The molecule has 0 bridgehead atoms. The molecule has 0 heterocycles. The second-order valence-electron chi connectivity index (χ2n) is 4.30. The summed E-state index contributed by atoms with van der Waals surface area (Å²) in [7, 11) is -1.68. The van der Waals surface area contributed by atoms with Gasteiger partial charge >= 0.3 is 11.9 Å². The highest BCUT2D eigenvalue weighted by Crippen LogP contribution is 2.25. The van der Waals surface area contributed by atoms with Crippen molar-refractivity contribution in [3.8, 4) is 0 Å². The number of aromatic carboxylic acids is 2. The number of rotatable bonds is 4. The molecule has 2 N–H and O–H groups in total. The number of carboxylic acid groups (broad SMARTS) is 2. The van der Waals surface area contributed by atoms with Crippen LogP contribution in [0.15, 0.2) is 52.3 Å². The summed E-state index contributed by atoms with van der Waals surface area (Å²) in [5, 5.41) is 18.4. The SMILES string of the molecule is Cc1c(C(=O)O)ccc(S(=O)c2ccccc2)c1C(=O)O. The molecule has 0 spiro atoms. The average molecular weight is 304 g/mol. The van der Waals surface area contributed by atoms with Gasteiger partial charge in [0.15, 0.2) is 0 Å². The quantitative estimate of drug-likeness (QED) is 0.905. The van der Waals surface area contributed by atoms with E-state index in [0.29, 0.717) is 4.90 Å². The Morgan fingerprint density at radius 3 is 2.10 bits per heavy atom. The van der Waals surface area contributed by atoms with E-state index in [1.54, 1.807) is 30.3 Å². The highest BCUT2D eigenvalue weighted by molar-refractivity contribution is 7.85. The lowest BCUT2D eigenvalue weighted by Gasteiger charge is -2.11. The topological polar surface area (TPSA) is 91.7 Å². The van der Waals surface area contributed by atoms with Crippen molar-refractivity contribution in [1.29, 1.82) is 0 Å². The molecule has 0 saturated heterocycles. The summed E-state index contributed by atoms with van der Waals surface area (Å²) in [5.74, 6) is -2.51. The first-order valence-corrected chi connectivity index (χ1v) is 7.15. The molecule has 1 unspecified atom stereocenters. The third-order valence-corrected chi connectivity index (χ3v) is 4.47. The van der Waals surface area contributed by atoms with Crippen LogP contribution in [0.2, 0.25) is 0 Å². The van der Waals surface area contributed by atoms with Crippen molar-refractivity contribution in [2.75, 3.05) is 0 Å². The van der Waals surface area contributed by atoms with Gasteiger partial charge in [-0.05, 0) is 36.8 Å². The molecule has 5 nitrogen and oxygen atoms in total. The third kappa shape index (κ3) is 2.85. The lowest BCUT2D eigenvalue weighted by atomic mass is 10.0. The van der Waals surface area contributed by atoms with Crippen LogP contribution in [0.1, 0.15) is 26.3 Å². The van der Waals surface area contributed by atoms with E-state index in [0.717, 1.165) is 0 Å². The first kappa shape index (κ1) is 14.9. The lowest BCUT2D eigenvalue weighted by molar-refractivity contribution is 0.0692. The summed E-state index contributed by atoms with van der Waals surface area (Å²) in [6, 6.07) is 11.0. The van der Waals surface area contributed by atoms with E-state index in [1.807, 2.05) is 0 Å². The molecule has 2 rings (SSSR count). The normalized spacial score (nSPS) is 11.9. The summed E-state index contributed by atoms with van der Waals surface area (Å²) < 4.78 is 12.5. The number of hydrogen-bond acceptors (Lipinski definition) is 3. The molecular formula is C15H12O5S. The van der Waals surface area contributed by atoms with Crippen LogP contribution in [0.25, 0.3) is 0 Å². The van der Waals surface area contributed by atoms with E-state index >= 15 is 0 Å². The lowest BCUT2D eigenvalue weighted by Crippen LogP contribution is -2.11. The van der Waals surface area contributed by atoms with Crippen LogP contribution in [0.4, 0.5) is 0 Å².